The predicted molar refractivity (Wildman–Crippen MR) is 75.1 cm³/mol. The van der Waals surface area contributed by atoms with E-state index >= 15 is 0 Å². The molecule has 0 saturated heterocycles. The summed E-state index contributed by atoms with van der Waals surface area (Å²) >= 11 is 3.06. The number of carboxylic acids is 1. The molecule has 0 amide bonds. The van der Waals surface area contributed by atoms with E-state index in [0.29, 0.717) is 0 Å². The Morgan fingerprint density at radius 1 is 1.40 bits per heavy atom. The monoisotopic (exact) mass is 365 g/mol. The number of sulfonamides is 1. The largest absolute Gasteiger partial charge is 0.478 e. The molecule has 0 atom stereocenters. The molecule has 0 aliphatic rings. The second kappa shape index (κ2) is 6.71. The van der Waals surface area contributed by atoms with Crippen LogP contribution in [-0.2, 0) is 19.6 Å². The second-order valence-electron chi connectivity index (χ2n) is 3.67. The highest BCUT2D eigenvalue weighted by molar-refractivity contribution is 9.10. The number of hydrogen-bond donors (Lipinski definition) is 2. The van der Waals surface area contributed by atoms with Gasteiger partial charge in [0.25, 0.3) is 0 Å². The van der Waals surface area contributed by atoms with Gasteiger partial charge in [-0.05, 0) is 41.1 Å². The lowest BCUT2D eigenvalue weighted by atomic mass is 10.2. The molecule has 110 valence electrons. The van der Waals surface area contributed by atoms with E-state index in [1.54, 1.807) is 6.92 Å². The van der Waals surface area contributed by atoms with Gasteiger partial charge < -0.3 is 9.84 Å². The van der Waals surface area contributed by atoms with Crippen molar-refractivity contribution in [1.29, 1.82) is 0 Å². The van der Waals surface area contributed by atoms with Gasteiger partial charge in [0.2, 0.25) is 10.0 Å². The quantitative estimate of drug-likeness (QED) is 0.738. The SMILES string of the molecule is CCOC(=O)CS(=O)(=O)Nc1ccc(C(=O)O)cc1Br. The first-order chi connectivity index (χ1) is 9.25. The summed E-state index contributed by atoms with van der Waals surface area (Å²) in [5, 5.41) is 8.79. The van der Waals surface area contributed by atoms with Gasteiger partial charge in [0.15, 0.2) is 5.75 Å². The minimum Gasteiger partial charge on any atom is -0.478 e. The predicted octanol–water partition coefficient (Wildman–Crippen LogP) is 1.45. The molecule has 2 N–H and O–H groups in total. The first-order valence-electron chi connectivity index (χ1n) is 5.44. The number of hydrogen-bond acceptors (Lipinski definition) is 5. The van der Waals surface area contributed by atoms with Crippen molar-refractivity contribution in [3.63, 3.8) is 0 Å². The maximum absolute atomic E-state index is 11.7. The lowest BCUT2D eigenvalue weighted by Gasteiger charge is -2.09. The summed E-state index contributed by atoms with van der Waals surface area (Å²) in [5.74, 6) is -2.81. The van der Waals surface area contributed by atoms with E-state index in [1.165, 1.54) is 18.2 Å². The lowest BCUT2D eigenvalue weighted by Crippen LogP contribution is -2.24. The fourth-order valence-electron chi connectivity index (χ4n) is 1.29. The van der Waals surface area contributed by atoms with Gasteiger partial charge in [0, 0.05) is 4.47 Å². The molecule has 1 aromatic carbocycles. The van der Waals surface area contributed by atoms with Crippen molar-refractivity contribution in [2.24, 2.45) is 0 Å². The smallest absolute Gasteiger partial charge is 0.335 e. The fourth-order valence-corrected chi connectivity index (χ4v) is 2.88. The number of benzene rings is 1. The van der Waals surface area contributed by atoms with Crippen LogP contribution in [0.1, 0.15) is 17.3 Å². The van der Waals surface area contributed by atoms with Crippen LogP contribution in [0, 0.1) is 0 Å². The molecule has 0 spiro atoms. The van der Waals surface area contributed by atoms with Crippen LogP contribution in [0.5, 0.6) is 0 Å². The normalized spacial score (nSPS) is 10.9. The van der Waals surface area contributed by atoms with Gasteiger partial charge in [-0.3, -0.25) is 9.52 Å². The van der Waals surface area contributed by atoms with Crippen molar-refractivity contribution in [2.45, 2.75) is 6.92 Å². The zero-order valence-corrected chi connectivity index (χ0v) is 12.8. The van der Waals surface area contributed by atoms with Crippen LogP contribution in [0.2, 0.25) is 0 Å². The van der Waals surface area contributed by atoms with E-state index in [4.69, 9.17) is 5.11 Å². The summed E-state index contributed by atoms with van der Waals surface area (Å²) in [4.78, 5) is 21.9. The molecule has 0 unspecified atom stereocenters. The minimum absolute atomic E-state index is 0.00483. The van der Waals surface area contributed by atoms with Crippen LogP contribution in [0.4, 0.5) is 5.69 Å². The molecule has 9 heteroatoms. The number of carbonyl (C=O) groups excluding carboxylic acids is 1. The summed E-state index contributed by atoms with van der Waals surface area (Å²) in [6.07, 6.45) is 0. The topological polar surface area (TPSA) is 110 Å². The molecule has 20 heavy (non-hydrogen) atoms. The van der Waals surface area contributed by atoms with Crippen molar-refractivity contribution in [1.82, 2.24) is 0 Å². The number of ether oxygens (including phenoxy) is 1. The van der Waals surface area contributed by atoms with Crippen LogP contribution in [0.3, 0.4) is 0 Å². The third-order valence-corrected chi connectivity index (χ3v) is 3.90. The summed E-state index contributed by atoms with van der Waals surface area (Å²) < 4.78 is 30.4. The van der Waals surface area contributed by atoms with E-state index in [1.807, 2.05) is 0 Å². The molecule has 0 aliphatic heterocycles. The Labute approximate surface area is 124 Å². The van der Waals surface area contributed by atoms with E-state index in [0.717, 1.165) is 0 Å². The van der Waals surface area contributed by atoms with Crippen molar-refractivity contribution in [2.75, 3.05) is 17.1 Å². The van der Waals surface area contributed by atoms with Gasteiger partial charge in [-0.25, -0.2) is 13.2 Å². The van der Waals surface area contributed by atoms with E-state index in [9.17, 15) is 18.0 Å². The molecule has 0 aromatic heterocycles. The van der Waals surface area contributed by atoms with Crippen LogP contribution < -0.4 is 4.72 Å². The fraction of sp³-hybridized carbons (Fsp3) is 0.273. The van der Waals surface area contributed by atoms with Crippen molar-refractivity contribution < 1.29 is 27.9 Å². The number of carboxylic acid groups (broad SMARTS) is 1. The molecule has 0 radical (unpaired) electrons. The number of nitrogens with one attached hydrogen (secondary N) is 1. The number of rotatable bonds is 6. The van der Waals surface area contributed by atoms with E-state index in [2.05, 4.69) is 25.4 Å². The van der Waals surface area contributed by atoms with Crippen molar-refractivity contribution in [3.05, 3.63) is 28.2 Å². The zero-order valence-electron chi connectivity index (χ0n) is 10.4. The molecule has 0 bridgehead atoms. The number of esters is 1. The third kappa shape index (κ3) is 4.82. The standard InChI is InChI=1S/C11H12BrNO6S/c1-2-19-10(14)6-20(17,18)13-9-4-3-7(11(15)16)5-8(9)12/h3-5,13H,2,6H2,1H3,(H,15,16). The molecule has 1 rings (SSSR count). The van der Waals surface area contributed by atoms with Gasteiger partial charge in [0.1, 0.15) is 0 Å². The van der Waals surface area contributed by atoms with E-state index in [-0.39, 0.29) is 22.3 Å². The Hall–Kier alpha value is -1.61. The van der Waals surface area contributed by atoms with Gasteiger partial charge >= 0.3 is 11.9 Å². The number of aromatic carboxylic acids is 1. The second-order valence-corrected chi connectivity index (χ2v) is 6.24. The lowest BCUT2D eigenvalue weighted by molar-refractivity contribution is -0.139. The Morgan fingerprint density at radius 3 is 2.55 bits per heavy atom. The number of anilines is 1. The molecule has 0 saturated carbocycles. The first kappa shape index (κ1) is 16.4. The highest BCUT2D eigenvalue weighted by Gasteiger charge is 2.19. The number of carbonyl (C=O) groups is 2. The molecule has 7 nitrogen and oxygen atoms in total. The van der Waals surface area contributed by atoms with Gasteiger partial charge in [0.05, 0.1) is 17.9 Å². The van der Waals surface area contributed by atoms with Gasteiger partial charge in [-0.15, -0.1) is 0 Å². The average Bonchev–Trinajstić information content (AvgIpc) is 2.30. The molecule has 0 aliphatic carbocycles. The summed E-state index contributed by atoms with van der Waals surface area (Å²) in [7, 11) is -3.91. The maximum Gasteiger partial charge on any atom is 0.335 e. The summed E-state index contributed by atoms with van der Waals surface area (Å²) in [5.41, 5.74) is 0.143. The van der Waals surface area contributed by atoms with Crippen LogP contribution >= 0.6 is 15.9 Å². The molecule has 1 aromatic rings. The summed E-state index contributed by atoms with van der Waals surface area (Å²) in [6, 6.07) is 3.79. The highest BCUT2D eigenvalue weighted by Crippen LogP contribution is 2.24. The molecular weight excluding hydrogens is 354 g/mol. The van der Waals surface area contributed by atoms with Crippen molar-refractivity contribution in [3.8, 4) is 0 Å². The Kier molecular flexibility index (Phi) is 5.52. The van der Waals surface area contributed by atoms with Gasteiger partial charge in [-0.1, -0.05) is 0 Å². The van der Waals surface area contributed by atoms with Crippen LogP contribution in [0.25, 0.3) is 0 Å². The van der Waals surface area contributed by atoms with Crippen LogP contribution in [0.15, 0.2) is 22.7 Å². The van der Waals surface area contributed by atoms with Crippen LogP contribution in [-0.4, -0.2) is 37.8 Å². The average molecular weight is 366 g/mol. The van der Waals surface area contributed by atoms with Crippen molar-refractivity contribution >= 4 is 43.6 Å². The molecule has 0 fully saturated rings. The molecule has 0 heterocycles. The maximum atomic E-state index is 11.7. The Balaban J connectivity index is 2.87. The van der Waals surface area contributed by atoms with E-state index < -0.39 is 27.7 Å². The highest BCUT2D eigenvalue weighted by atomic mass is 79.9. The number of halogens is 1. The molecular formula is C11H12BrNO6S. The summed E-state index contributed by atoms with van der Waals surface area (Å²) in [6.45, 7) is 1.66. The first-order valence-corrected chi connectivity index (χ1v) is 7.88. The Bertz CT molecular complexity index is 628. The van der Waals surface area contributed by atoms with Gasteiger partial charge in [-0.2, -0.15) is 0 Å². The third-order valence-electron chi connectivity index (χ3n) is 2.09. The minimum atomic E-state index is -3.91. The Morgan fingerprint density at radius 2 is 2.05 bits per heavy atom. The zero-order chi connectivity index (χ0) is 15.3.